The van der Waals surface area contributed by atoms with E-state index in [1.54, 1.807) is 12.2 Å². The lowest BCUT2D eigenvalue weighted by molar-refractivity contribution is -0.125. The van der Waals surface area contributed by atoms with Gasteiger partial charge in [-0.3, -0.25) is 4.79 Å². The predicted octanol–water partition coefficient (Wildman–Crippen LogP) is 1.35. The van der Waals surface area contributed by atoms with Crippen LogP contribution in [0.15, 0.2) is 24.3 Å². The van der Waals surface area contributed by atoms with E-state index < -0.39 is 0 Å². The second-order valence-electron chi connectivity index (χ2n) is 4.70. The van der Waals surface area contributed by atoms with Crippen molar-refractivity contribution in [3.8, 4) is 0 Å². The zero-order chi connectivity index (χ0) is 11.5. The number of carbonyl (C=O) groups excluding carboxylic acids is 1. The second kappa shape index (κ2) is 4.83. The molecule has 88 valence electrons. The smallest absolute Gasteiger partial charge is 0.246 e. The Morgan fingerprint density at radius 1 is 1.31 bits per heavy atom. The molecule has 3 heteroatoms. The number of carbonyl (C=O) groups is 1. The number of allylic oxidation sites excluding steroid dienone is 3. The van der Waals surface area contributed by atoms with Crippen LogP contribution in [0.2, 0.25) is 0 Å². The maximum absolute atomic E-state index is 11.8. The summed E-state index contributed by atoms with van der Waals surface area (Å²) in [6, 6.07) is 0. The van der Waals surface area contributed by atoms with Gasteiger partial charge in [-0.15, -0.1) is 0 Å². The van der Waals surface area contributed by atoms with Gasteiger partial charge in [0.15, 0.2) is 0 Å². The van der Waals surface area contributed by atoms with Crippen LogP contribution in [0, 0.1) is 11.8 Å². The fourth-order valence-electron chi connectivity index (χ4n) is 2.77. The molecule has 3 atom stereocenters. The first-order valence-corrected chi connectivity index (χ1v) is 5.98. The third-order valence-electron chi connectivity index (χ3n) is 3.67. The van der Waals surface area contributed by atoms with Crippen LogP contribution in [-0.4, -0.2) is 35.1 Å². The normalized spacial score (nSPS) is 34.1. The third kappa shape index (κ3) is 2.19. The van der Waals surface area contributed by atoms with Crippen LogP contribution >= 0.6 is 0 Å². The molecule has 0 spiro atoms. The molecule has 1 N–H and O–H groups in total. The Balaban J connectivity index is 1.91. The maximum atomic E-state index is 11.8. The molecule has 0 aromatic heterocycles. The van der Waals surface area contributed by atoms with Crippen LogP contribution in [0.3, 0.4) is 0 Å². The van der Waals surface area contributed by atoms with E-state index in [1.807, 2.05) is 24.0 Å². The highest BCUT2D eigenvalue weighted by atomic mass is 16.3. The number of aliphatic hydroxyl groups is 1. The minimum atomic E-state index is -0.192. The van der Waals surface area contributed by atoms with E-state index in [0.717, 1.165) is 25.9 Å². The molecule has 2 rings (SSSR count). The van der Waals surface area contributed by atoms with Gasteiger partial charge in [0.1, 0.15) is 0 Å². The number of amides is 1. The Morgan fingerprint density at radius 3 is 2.81 bits per heavy atom. The van der Waals surface area contributed by atoms with Gasteiger partial charge >= 0.3 is 0 Å². The molecule has 2 fully saturated rings. The summed E-state index contributed by atoms with van der Waals surface area (Å²) in [6.45, 7) is 3.47. The highest BCUT2D eigenvalue weighted by Crippen LogP contribution is 2.37. The van der Waals surface area contributed by atoms with Gasteiger partial charge in [0.2, 0.25) is 5.91 Å². The molecule has 1 amide bonds. The molecule has 0 radical (unpaired) electrons. The number of rotatable bonds is 2. The average molecular weight is 221 g/mol. The lowest BCUT2D eigenvalue weighted by Gasteiger charge is -2.16. The molecule has 0 aromatic carbocycles. The zero-order valence-corrected chi connectivity index (χ0v) is 9.67. The first-order valence-electron chi connectivity index (χ1n) is 5.98. The number of hydrogen-bond donors (Lipinski definition) is 1. The predicted molar refractivity (Wildman–Crippen MR) is 62.8 cm³/mol. The summed E-state index contributed by atoms with van der Waals surface area (Å²) >= 11 is 0. The molecule has 0 bridgehead atoms. The van der Waals surface area contributed by atoms with E-state index in [2.05, 4.69) is 0 Å². The SMILES string of the molecule is CC=CC=CC(=O)N1CC2CCC(O)C2C1. The van der Waals surface area contributed by atoms with E-state index in [-0.39, 0.29) is 12.0 Å². The number of hydrogen-bond acceptors (Lipinski definition) is 2. The molecular formula is C13H19NO2. The first-order chi connectivity index (χ1) is 7.72. The molecular weight excluding hydrogens is 202 g/mol. The van der Waals surface area contributed by atoms with Crippen molar-refractivity contribution in [3.63, 3.8) is 0 Å². The Hall–Kier alpha value is -1.09. The molecule has 3 nitrogen and oxygen atoms in total. The van der Waals surface area contributed by atoms with Gasteiger partial charge in [-0.2, -0.15) is 0 Å². The van der Waals surface area contributed by atoms with Crippen LogP contribution in [0.1, 0.15) is 19.8 Å². The summed E-state index contributed by atoms with van der Waals surface area (Å²) in [7, 11) is 0. The molecule has 1 saturated carbocycles. The van der Waals surface area contributed by atoms with Crippen molar-refractivity contribution >= 4 is 5.91 Å². The Labute approximate surface area is 96.4 Å². The summed E-state index contributed by atoms with van der Waals surface area (Å²) < 4.78 is 0. The second-order valence-corrected chi connectivity index (χ2v) is 4.70. The monoisotopic (exact) mass is 221 g/mol. The summed E-state index contributed by atoms with van der Waals surface area (Å²) in [6.07, 6.45) is 8.90. The largest absolute Gasteiger partial charge is 0.393 e. The van der Waals surface area contributed by atoms with Crippen LogP contribution in [0.5, 0.6) is 0 Å². The maximum Gasteiger partial charge on any atom is 0.246 e. The van der Waals surface area contributed by atoms with Crippen molar-refractivity contribution in [2.24, 2.45) is 11.8 Å². The molecule has 1 aliphatic carbocycles. The number of likely N-dealkylation sites (tertiary alicyclic amines) is 1. The first kappa shape index (κ1) is 11.4. The van der Waals surface area contributed by atoms with Gasteiger partial charge in [0, 0.05) is 25.1 Å². The number of nitrogens with zero attached hydrogens (tertiary/aromatic N) is 1. The minimum Gasteiger partial charge on any atom is -0.393 e. The summed E-state index contributed by atoms with van der Waals surface area (Å²) in [5.41, 5.74) is 0. The van der Waals surface area contributed by atoms with Gasteiger partial charge in [-0.05, 0) is 25.7 Å². The van der Waals surface area contributed by atoms with E-state index in [0.29, 0.717) is 11.8 Å². The fraction of sp³-hybridized carbons (Fsp3) is 0.615. The van der Waals surface area contributed by atoms with Gasteiger partial charge in [0.25, 0.3) is 0 Å². The zero-order valence-electron chi connectivity index (χ0n) is 9.67. The molecule has 1 heterocycles. The van der Waals surface area contributed by atoms with Crippen LogP contribution in [-0.2, 0) is 4.79 Å². The van der Waals surface area contributed by atoms with E-state index in [4.69, 9.17) is 0 Å². The van der Waals surface area contributed by atoms with Crippen molar-refractivity contribution in [3.05, 3.63) is 24.3 Å². The van der Waals surface area contributed by atoms with Gasteiger partial charge < -0.3 is 10.0 Å². The van der Waals surface area contributed by atoms with E-state index in [9.17, 15) is 9.90 Å². The van der Waals surface area contributed by atoms with Gasteiger partial charge in [-0.25, -0.2) is 0 Å². The summed E-state index contributed by atoms with van der Waals surface area (Å²) in [5, 5.41) is 9.75. The minimum absolute atomic E-state index is 0.0692. The van der Waals surface area contributed by atoms with Gasteiger partial charge in [-0.1, -0.05) is 18.2 Å². The third-order valence-corrected chi connectivity index (χ3v) is 3.67. The fourth-order valence-corrected chi connectivity index (χ4v) is 2.77. The summed E-state index contributed by atoms with van der Waals surface area (Å²) in [4.78, 5) is 13.6. The molecule has 2 aliphatic rings. The average Bonchev–Trinajstić information content (AvgIpc) is 2.82. The Bertz CT molecular complexity index is 322. The van der Waals surface area contributed by atoms with Gasteiger partial charge in [0.05, 0.1) is 6.10 Å². The van der Waals surface area contributed by atoms with Crippen LogP contribution < -0.4 is 0 Å². The van der Waals surface area contributed by atoms with E-state index >= 15 is 0 Å². The topological polar surface area (TPSA) is 40.5 Å². The van der Waals surface area contributed by atoms with Crippen LogP contribution in [0.4, 0.5) is 0 Å². The van der Waals surface area contributed by atoms with Crippen molar-refractivity contribution in [2.75, 3.05) is 13.1 Å². The number of aliphatic hydroxyl groups excluding tert-OH is 1. The molecule has 0 aromatic rings. The van der Waals surface area contributed by atoms with Crippen molar-refractivity contribution in [1.82, 2.24) is 4.90 Å². The molecule has 1 aliphatic heterocycles. The Kier molecular flexibility index (Phi) is 3.44. The van der Waals surface area contributed by atoms with E-state index in [1.165, 1.54) is 0 Å². The van der Waals surface area contributed by atoms with Crippen molar-refractivity contribution in [2.45, 2.75) is 25.9 Å². The highest BCUT2D eigenvalue weighted by molar-refractivity contribution is 5.88. The molecule has 16 heavy (non-hydrogen) atoms. The lowest BCUT2D eigenvalue weighted by Crippen LogP contribution is -2.29. The standard InChI is InChI=1S/C13H19NO2/c1-2-3-4-5-13(16)14-8-10-6-7-12(15)11(10)9-14/h2-5,10-12,15H,6-9H2,1H3. The molecule has 1 saturated heterocycles. The van der Waals surface area contributed by atoms with Crippen molar-refractivity contribution < 1.29 is 9.90 Å². The van der Waals surface area contributed by atoms with Crippen molar-refractivity contribution in [1.29, 1.82) is 0 Å². The Morgan fingerprint density at radius 2 is 2.12 bits per heavy atom. The number of fused-ring (bicyclic) bond motifs is 1. The molecule has 3 unspecified atom stereocenters. The quantitative estimate of drug-likeness (QED) is 0.565. The van der Waals surface area contributed by atoms with Crippen LogP contribution in [0.25, 0.3) is 0 Å². The lowest BCUT2D eigenvalue weighted by atomic mass is 10.00. The highest BCUT2D eigenvalue weighted by Gasteiger charge is 2.42. The summed E-state index contributed by atoms with van der Waals surface area (Å²) in [5.74, 6) is 0.910.